The summed E-state index contributed by atoms with van der Waals surface area (Å²) >= 11 is 0. The maximum absolute atomic E-state index is 11.1. The Labute approximate surface area is 111 Å². The molecule has 8 nitrogen and oxygen atoms in total. The van der Waals surface area contributed by atoms with Gasteiger partial charge in [0.05, 0.1) is 18.6 Å². The predicted molar refractivity (Wildman–Crippen MR) is 69.6 cm³/mol. The second-order valence-corrected chi connectivity index (χ2v) is 3.77. The fraction of sp³-hybridized carbons (Fsp3) is 0.636. The van der Waals surface area contributed by atoms with E-state index in [0.29, 0.717) is 25.4 Å². The average Bonchev–Trinajstić information content (AvgIpc) is 2.38. The molecule has 0 amide bonds. The standard InChI is InChI=1S/C11H18N4O4/c1-4-5-8-13-10(12-6-7-18-2)9(15(16)17)11(14-8)19-3/h4-7H2,1-3H3,(H,12,13,14). The summed E-state index contributed by atoms with van der Waals surface area (Å²) in [6, 6.07) is 0. The molecule has 106 valence electrons. The first-order chi connectivity index (χ1) is 9.13. The molecule has 0 radical (unpaired) electrons. The fourth-order valence-electron chi connectivity index (χ4n) is 1.52. The van der Waals surface area contributed by atoms with Crippen molar-refractivity contribution in [2.75, 3.05) is 32.7 Å². The lowest BCUT2D eigenvalue weighted by Crippen LogP contribution is -2.13. The molecule has 8 heteroatoms. The van der Waals surface area contributed by atoms with E-state index in [2.05, 4.69) is 15.3 Å². The summed E-state index contributed by atoms with van der Waals surface area (Å²) in [7, 11) is 2.91. The number of aryl methyl sites for hydroxylation is 1. The normalized spacial score (nSPS) is 10.3. The Balaban J connectivity index is 3.12. The molecule has 0 unspecified atom stereocenters. The Morgan fingerprint density at radius 1 is 1.37 bits per heavy atom. The maximum atomic E-state index is 11.1. The van der Waals surface area contributed by atoms with Crippen molar-refractivity contribution in [3.05, 3.63) is 15.9 Å². The van der Waals surface area contributed by atoms with Crippen LogP contribution in [0.1, 0.15) is 19.2 Å². The number of rotatable bonds is 8. The van der Waals surface area contributed by atoms with Gasteiger partial charge in [-0.05, 0) is 6.42 Å². The van der Waals surface area contributed by atoms with Gasteiger partial charge in [0.1, 0.15) is 5.82 Å². The number of anilines is 1. The second kappa shape index (κ2) is 7.47. The smallest absolute Gasteiger partial charge is 0.372 e. The summed E-state index contributed by atoms with van der Waals surface area (Å²) in [5.41, 5.74) is -0.251. The van der Waals surface area contributed by atoms with Crippen molar-refractivity contribution in [2.45, 2.75) is 19.8 Å². The maximum Gasteiger partial charge on any atom is 0.372 e. The minimum Gasteiger partial charge on any atom is -0.476 e. The van der Waals surface area contributed by atoms with E-state index in [0.717, 1.165) is 6.42 Å². The monoisotopic (exact) mass is 270 g/mol. The predicted octanol–water partition coefficient (Wildman–Crippen LogP) is 1.40. The van der Waals surface area contributed by atoms with E-state index in [1.54, 1.807) is 7.11 Å². The molecular formula is C11H18N4O4. The Hall–Kier alpha value is -1.96. The molecule has 0 spiro atoms. The first-order valence-electron chi connectivity index (χ1n) is 5.96. The number of nitrogens with one attached hydrogen (secondary N) is 1. The molecule has 0 aromatic carbocycles. The number of aromatic nitrogens is 2. The topological polar surface area (TPSA) is 99.4 Å². The van der Waals surface area contributed by atoms with Crippen molar-refractivity contribution < 1.29 is 14.4 Å². The van der Waals surface area contributed by atoms with Crippen LogP contribution in [0.5, 0.6) is 5.88 Å². The molecule has 1 N–H and O–H groups in total. The van der Waals surface area contributed by atoms with Gasteiger partial charge >= 0.3 is 5.69 Å². The summed E-state index contributed by atoms with van der Waals surface area (Å²) in [4.78, 5) is 18.7. The van der Waals surface area contributed by atoms with Crippen LogP contribution in [-0.2, 0) is 11.2 Å². The van der Waals surface area contributed by atoms with Crippen LogP contribution >= 0.6 is 0 Å². The lowest BCUT2D eigenvalue weighted by molar-refractivity contribution is -0.385. The fourth-order valence-corrected chi connectivity index (χ4v) is 1.52. The molecule has 0 fully saturated rings. The zero-order valence-electron chi connectivity index (χ0n) is 11.3. The van der Waals surface area contributed by atoms with Crippen molar-refractivity contribution in [1.29, 1.82) is 0 Å². The molecule has 1 heterocycles. The van der Waals surface area contributed by atoms with Crippen LogP contribution in [0, 0.1) is 10.1 Å². The molecule has 0 atom stereocenters. The molecule has 0 saturated carbocycles. The highest BCUT2D eigenvalue weighted by Gasteiger charge is 2.25. The third-order valence-electron chi connectivity index (χ3n) is 2.35. The Morgan fingerprint density at radius 3 is 2.63 bits per heavy atom. The Morgan fingerprint density at radius 2 is 2.11 bits per heavy atom. The van der Waals surface area contributed by atoms with E-state index in [9.17, 15) is 10.1 Å². The summed E-state index contributed by atoms with van der Waals surface area (Å²) in [5.74, 6) is 0.658. The third kappa shape index (κ3) is 4.02. The highest BCUT2D eigenvalue weighted by molar-refractivity contribution is 5.61. The van der Waals surface area contributed by atoms with Crippen LogP contribution in [-0.4, -0.2) is 42.3 Å². The van der Waals surface area contributed by atoms with E-state index in [-0.39, 0.29) is 17.4 Å². The molecule has 19 heavy (non-hydrogen) atoms. The number of hydrogen-bond donors (Lipinski definition) is 1. The first kappa shape index (κ1) is 15.1. The van der Waals surface area contributed by atoms with Gasteiger partial charge < -0.3 is 14.8 Å². The second-order valence-electron chi connectivity index (χ2n) is 3.77. The van der Waals surface area contributed by atoms with Crippen molar-refractivity contribution in [3.63, 3.8) is 0 Å². The number of ether oxygens (including phenoxy) is 2. The van der Waals surface area contributed by atoms with Gasteiger partial charge in [-0.2, -0.15) is 4.98 Å². The number of methoxy groups -OCH3 is 2. The first-order valence-corrected chi connectivity index (χ1v) is 5.96. The largest absolute Gasteiger partial charge is 0.476 e. The van der Waals surface area contributed by atoms with Crippen LogP contribution in [0.3, 0.4) is 0 Å². The summed E-state index contributed by atoms with van der Waals surface area (Å²) in [6.45, 7) is 2.82. The summed E-state index contributed by atoms with van der Waals surface area (Å²) < 4.78 is 9.87. The molecule has 0 saturated heterocycles. The van der Waals surface area contributed by atoms with Crippen molar-refractivity contribution in [3.8, 4) is 5.88 Å². The van der Waals surface area contributed by atoms with E-state index in [1.807, 2.05) is 6.92 Å². The molecule has 0 aliphatic rings. The molecule has 0 aliphatic carbocycles. The van der Waals surface area contributed by atoms with Crippen LogP contribution < -0.4 is 10.1 Å². The zero-order valence-corrected chi connectivity index (χ0v) is 11.3. The molecular weight excluding hydrogens is 252 g/mol. The van der Waals surface area contributed by atoms with Gasteiger partial charge in [0.25, 0.3) is 5.88 Å². The van der Waals surface area contributed by atoms with Crippen LogP contribution in [0.25, 0.3) is 0 Å². The van der Waals surface area contributed by atoms with Gasteiger partial charge in [0, 0.05) is 20.1 Å². The lowest BCUT2D eigenvalue weighted by atomic mass is 10.3. The summed E-state index contributed by atoms with van der Waals surface area (Å²) in [6.07, 6.45) is 1.48. The van der Waals surface area contributed by atoms with E-state index >= 15 is 0 Å². The molecule has 0 bridgehead atoms. The third-order valence-corrected chi connectivity index (χ3v) is 2.35. The molecule has 1 rings (SSSR count). The minimum atomic E-state index is -0.552. The molecule has 1 aromatic heterocycles. The summed E-state index contributed by atoms with van der Waals surface area (Å²) in [5, 5.41) is 13.9. The van der Waals surface area contributed by atoms with E-state index in [1.165, 1.54) is 7.11 Å². The Kier molecular flexibility index (Phi) is 5.94. The van der Waals surface area contributed by atoms with E-state index < -0.39 is 4.92 Å². The van der Waals surface area contributed by atoms with Crippen LogP contribution in [0.4, 0.5) is 11.5 Å². The number of hydrogen-bond acceptors (Lipinski definition) is 7. The number of nitrogens with zero attached hydrogens (tertiary/aromatic N) is 3. The van der Waals surface area contributed by atoms with Gasteiger partial charge in [-0.25, -0.2) is 4.98 Å². The highest BCUT2D eigenvalue weighted by Crippen LogP contribution is 2.31. The quantitative estimate of drug-likeness (QED) is 0.433. The van der Waals surface area contributed by atoms with Crippen molar-refractivity contribution in [2.24, 2.45) is 0 Å². The lowest BCUT2D eigenvalue weighted by Gasteiger charge is -2.09. The van der Waals surface area contributed by atoms with Crippen molar-refractivity contribution in [1.82, 2.24) is 9.97 Å². The van der Waals surface area contributed by atoms with Crippen LogP contribution in [0.2, 0.25) is 0 Å². The minimum absolute atomic E-state index is 0.0247. The van der Waals surface area contributed by atoms with Gasteiger partial charge in [-0.3, -0.25) is 10.1 Å². The van der Waals surface area contributed by atoms with Gasteiger partial charge in [-0.15, -0.1) is 0 Å². The van der Waals surface area contributed by atoms with Gasteiger partial charge in [-0.1, -0.05) is 6.92 Å². The number of nitro groups is 1. The van der Waals surface area contributed by atoms with Crippen LogP contribution in [0.15, 0.2) is 0 Å². The van der Waals surface area contributed by atoms with Gasteiger partial charge in [0.15, 0.2) is 0 Å². The SMILES string of the molecule is CCCc1nc(NCCOC)c([N+](=O)[O-])c(OC)n1. The van der Waals surface area contributed by atoms with Gasteiger partial charge in [0.2, 0.25) is 5.82 Å². The average molecular weight is 270 g/mol. The molecule has 0 aliphatic heterocycles. The highest BCUT2D eigenvalue weighted by atomic mass is 16.6. The molecule has 1 aromatic rings. The van der Waals surface area contributed by atoms with Crippen molar-refractivity contribution >= 4 is 11.5 Å². The zero-order chi connectivity index (χ0) is 14.3. The van der Waals surface area contributed by atoms with E-state index in [4.69, 9.17) is 9.47 Å². The Bertz CT molecular complexity index is 439.